The van der Waals surface area contributed by atoms with Gasteiger partial charge < -0.3 is 9.64 Å². The molecule has 0 N–H and O–H groups in total. The van der Waals surface area contributed by atoms with E-state index in [1.54, 1.807) is 13.0 Å². The van der Waals surface area contributed by atoms with Gasteiger partial charge in [0.05, 0.1) is 23.6 Å². The Balaban J connectivity index is 2.92. The average molecular weight is 282 g/mol. The molecule has 1 aromatic rings. The van der Waals surface area contributed by atoms with Crippen molar-refractivity contribution in [2.75, 3.05) is 25.1 Å². The number of anilines is 1. The second-order valence-corrected chi connectivity index (χ2v) is 4.51. The zero-order valence-electron chi connectivity index (χ0n) is 11.2. The summed E-state index contributed by atoms with van der Waals surface area (Å²) < 4.78 is 4.70. The lowest BCUT2D eigenvalue weighted by molar-refractivity contribution is -0.144. The van der Waals surface area contributed by atoms with E-state index in [1.807, 2.05) is 17.9 Å². The van der Waals surface area contributed by atoms with Crippen LogP contribution in [0.1, 0.15) is 19.4 Å². The van der Waals surface area contributed by atoms with E-state index in [1.165, 1.54) is 13.3 Å². The van der Waals surface area contributed by atoms with Gasteiger partial charge in [-0.2, -0.15) is 5.26 Å². The van der Waals surface area contributed by atoms with E-state index in [0.717, 1.165) is 0 Å². The molecule has 0 saturated heterocycles. The van der Waals surface area contributed by atoms with E-state index >= 15 is 0 Å². The van der Waals surface area contributed by atoms with Crippen LogP contribution in [0, 0.1) is 17.2 Å². The van der Waals surface area contributed by atoms with Crippen molar-refractivity contribution >= 4 is 23.4 Å². The molecule has 0 fully saturated rings. The monoisotopic (exact) mass is 281 g/mol. The normalized spacial score (nSPS) is 11.5. The van der Waals surface area contributed by atoms with E-state index in [2.05, 4.69) is 4.98 Å². The Kier molecular flexibility index (Phi) is 5.58. The van der Waals surface area contributed by atoms with Crippen LogP contribution in [-0.4, -0.2) is 31.2 Å². The first-order chi connectivity index (χ1) is 9.03. The minimum absolute atomic E-state index is 0.275. The number of hydrogen-bond acceptors (Lipinski definition) is 5. The molecule has 102 valence electrons. The van der Waals surface area contributed by atoms with Crippen LogP contribution in [0.5, 0.6) is 0 Å². The van der Waals surface area contributed by atoms with Crippen LogP contribution in [0.25, 0.3) is 0 Å². The first-order valence-corrected chi connectivity index (χ1v) is 6.29. The number of esters is 1. The van der Waals surface area contributed by atoms with E-state index in [4.69, 9.17) is 21.6 Å². The lowest BCUT2D eigenvalue weighted by atomic mass is 10.1. The quantitative estimate of drug-likeness (QED) is 0.775. The maximum Gasteiger partial charge on any atom is 0.310 e. The van der Waals surface area contributed by atoms with E-state index in [0.29, 0.717) is 29.5 Å². The highest BCUT2D eigenvalue weighted by molar-refractivity contribution is 6.33. The summed E-state index contributed by atoms with van der Waals surface area (Å²) in [7, 11) is 1.36. The molecule has 0 aliphatic rings. The number of halogens is 1. The fourth-order valence-electron chi connectivity index (χ4n) is 1.70. The van der Waals surface area contributed by atoms with Crippen LogP contribution in [0.4, 0.5) is 5.82 Å². The number of rotatable bonds is 5. The van der Waals surface area contributed by atoms with Crippen LogP contribution in [0.15, 0.2) is 12.3 Å². The molecule has 0 saturated carbocycles. The SMILES string of the molecule is CCN(C[C@@H](C)C(=O)OC)c1ncc(C#N)cc1Cl. The fourth-order valence-corrected chi connectivity index (χ4v) is 1.98. The van der Waals surface area contributed by atoms with Gasteiger partial charge in [0.15, 0.2) is 0 Å². The molecule has 0 unspecified atom stereocenters. The highest BCUT2D eigenvalue weighted by atomic mass is 35.5. The van der Waals surface area contributed by atoms with Gasteiger partial charge in [0.1, 0.15) is 11.9 Å². The zero-order chi connectivity index (χ0) is 14.4. The Bertz CT molecular complexity index is 499. The van der Waals surface area contributed by atoms with Crippen LogP contribution in [-0.2, 0) is 9.53 Å². The molecular formula is C13H16ClN3O2. The van der Waals surface area contributed by atoms with Crippen molar-refractivity contribution in [2.45, 2.75) is 13.8 Å². The third-order valence-electron chi connectivity index (χ3n) is 2.73. The molecule has 0 bridgehead atoms. The molecule has 1 atom stereocenters. The predicted molar refractivity (Wildman–Crippen MR) is 73.0 cm³/mol. The topological polar surface area (TPSA) is 66.2 Å². The number of carbonyl (C=O) groups excluding carboxylic acids is 1. The molecule has 0 aromatic carbocycles. The number of methoxy groups -OCH3 is 1. The average Bonchev–Trinajstić information content (AvgIpc) is 2.43. The summed E-state index contributed by atoms with van der Waals surface area (Å²) in [6, 6.07) is 3.55. The minimum Gasteiger partial charge on any atom is -0.469 e. The molecule has 6 heteroatoms. The van der Waals surface area contributed by atoms with Gasteiger partial charge in [0.25, 0.3) is 0 Å². The van der Waals surface area contributed by atoms with Gasteiger partial charge in [-0.25, -0.2) is 4.98 Å². The Morgan fingerprint density at radius 1 is 1.68 bits per heavy atom. The molecule has 5 nitrogen and oxygen atoms in total. The summed E-state index contributed by atoms with van der Waals surface area (Å²) in [5.74, 6) is 0.0144. The standard InChI is InChI=1S/C13H16ClN3O2/c1-4-17(8-9(2)13(18)19-3)12-11(14)5-10(6-15)7-16-12/h5,7,9H,4,8H2,1-3H3/t9-/m1/s1. The summed E-state index contributed by atoms with van der Waals surface area (Å²) in [5, 5.41) is 9.18. The molecule has 1 rings (SSSR count). The molecule has 0 aliphatic heterocycles. The largest absolute Gasteiger partial charge is 0.469 e. The van der Waals surface area contributed by atoms with Crippen molar-refractivity contribution in [1.29, 1.82) is 5.26 Å². The van der Waals surface area contributed by atoms with Gasteiger partial charge >= 0.3 is 5.97 Å². The Hall–Kier alpha value is -1.80. The highest BCUT2D eigenvalue weighted by Gasteiger charge is 2.19. The number of ether oxygens (including phenoxy) is 1. The van der Waals surface area contributed by atoms with Crippen molar-refractivity contribution in [3.05, 3.63) is 22.8 Å². The second-order valence-electron chi connectivity index (χ2n) is 4.10. The Labute approximate surface area is 117 Å². The van der Waals surface area contributed by atoms with Crippen LogP contribution in [0.3, 0.4) is 0 Å². The number of carbonyl (C=O) groups is 1. The third-order valence-corrected chi connectivity index (χ3v) is 3.01. The number of nitriles is 1. The zero-order valence-corrected chi connectivity index (χ0v) is 11.9. The minimum atomic E-state index is -0.279. The fraction of sp³-hybridized carbons (Fsp3) is 0.462. The molecule has 0 spiro atoms. The molecule has 1 heterocycles. The molecule has 1 aromatic heterocycles. The predicted octanol–water partition coefficient (Wildman–Crippen LogP) is 2.24. The smallest absolute Gasteiger partial charge is 0.310 e. The van der Waals surface area contributed by atoms with E-state index in [-0.39, 0.29) is 11.9 Å². The molecule has 0 amide bonds. The van der Waals surface area contributed by atoms with Gasteiger partial charge in [-0.05, 0) is 13.0 Å². The van der Waals surface area contributed by atoms with Gasteiger partial charge in [-0.1, -0.05) is 18.5 Å². The van der Waals surface area contributed by atoms with Crippen molar-refractivity contribution < 1.29 is 9.53 Å². The second kappa shape index (κ2) is 6.95. The van der Waals surface area contributed by atoms with Crippen molar-refractivity contribution in [3.8, 4) is 6.07 Å². The van der Waals surface area contributed by atoms with Gasteiger partial charge in [0.2, 0.25) is 0 Å². The number of hydrogen-bond donors (Lipinski definition) is 0. The summed E-state index contributed by atoms with van der Waals surface area (Å²) in [6.45, 7) is 4.84. The first-order valence-electron chi connectivity index (χ1n) is 5.91. The highest BCUT2D eigenvalue weighted by Crippen LogP contribution is 2.24. The van der Waals surface area contributed by atoms with Crippen molar-refractivity contribution in [1.82, 2.24) is 4.98 Å². The Morgan fingerprint density at radius 3 is 2.84 bits per heavy atom. The summed E-state index contributed by atoms with van der Waals surface area (Å²) in [4.78, 5) is 17.5. The summed E-state index contributed by atoms with van der Waals surface area (Å²) in [6.07, 6.45) is 1.46. The number of pyridine rings is 1. The lowest BCUT2D eigenvalue weighted by Crippen LogP contribution is -2.33. The number of nitrogens with zero attached hydrogens (tertiary/aromatic N) is 3. The molecule has 0 aliphatic carbocycles. The van der Waals surface area contributed by atoms with E-state index < -0.39 is 0 Å². The third kappa shape index (κ3) is 3.83. The first kappa shape index (κ1) is 15.3. The molecule has 19 heavy (non-hydrogen) atoms. The van der Waals surface area contributed by atoms with Gasteiger partial charge in [-0.3, -0.25) is 4.79 Å². The molecular weight excluding hydrogens is 266 g/mol. The van der Waals surface area contributed by atoms with Crippen molar-refractivity contribution in [2.24, 2.45) is 5.92 Å². The summed E-state index contributed by atoms with van der Waals surface area (Å²) in [5.41, 5.74) is 0.408. The van der Waals surface area contributed by atoms with Crippen LogP contribution in [0.2, 0.25) is 5.02 Å². The van der Waals surface area contributed by atoms with E-state index in [9.17, 15) is 4.79 Å². The maximum atomic E-state index is 11.4. The Morgan fingerprint density at radius 2 is 2.37 bits per heavy atom. The van der Waals surface area contributed by atoms with Gasteiger partial charge in [-0.15, -0.1) is 0 Å². The van der Waals surface area contributed by atoms with Crippen LogP contribution < -0.4 is 4.90 Å². The number of aromatic nitrogens is 1. The lowest BCUT2D eigenvalue weighted by Gasteiger charge is -2.25. The van der Waals surface area contributed by atoms with Crippen molar-refractivity contribution in [3.63, 3.8) is 0 Å². The maximum absolute atomic E-state index is 11.4. The summed E-state index contributed by atoms with van der Waals surface area (Å²) >= 11 is 6.11. The van der Waals surface area contributed by atoms with Gasteiger partial charge in [0, 0.05) is 19.3 Å². The molecule has 0 radical (unpaired) electrons. The van der Waals surface area contributed by atoms with Crippen LogP contribution >= 0.6 is 11.6 Å².